The van der Waals surface area contributed by atoms with Gasteiger partial charge in [-0.15, -0.1) is 0 Å². The highest BCUT2D eigenvalue weighted by atomic mass is 32.1. The molecule has 1 fully saturated rings. The summed E-state index contributed by atoms with van der Waals surface area (Å²) >= 11 is 1.12. The number of likely N-dealkylation sites (tertiary alicyclic amines) is 1. The Labute approximate surface area is 125 Å². The normalized spacial score (nSPS) is 21.7. The smallest absolute Gasteiger partial charge is 0.326 e. The summed E-state index contributed by atoms with van der Waals surface area (Å²) in [4.78, 5) is 35.8. The minimum absolute atomic E-state index is 0.0556. The average molecular weight is 314 g/mol. The first-order valence-electron chi connectivity index (χ1n) is 6.75. The molecule has 0 aliphatic carbocycles. The molecule has 0 bridgehead atoms. The van der Waals surface area contributed by atoms with Crippen LogP contribution in [0.1, 0.15) is 25.0 Å². The van der Waals surface area contributed by atoms with Gasteiger partial charge >= 0.3 is 10.8 Å². The Kier molecular flexibility index (Phi) is 4.79. The quantitative estimate of drug-likeness (QED) is 0.799. The molecule has 0 radical (unpaired) electrons. The Morgan fingerprint density at radius 2 is 2.19 bits per heavy atom. The van der Waals surface area contributed by atoms with Gasteiger partial charge in [-0.2, -0.15) is 0 Å². The first-order chi connectivity index (χ1) is 9.90. The molecule has 0 aromatic carbocycles. The molecule has 2 N–H and O–H groups in total. The van der Waals surface area contributed by atoms with Crippen molar-refractivity contribution in [3.8, 4) is 0 Å². The van der Waals surface area contributed by atoms with Gasteiger partial charge in [0.2, 0.25) is 5.91 Å². The van der Waals surface area contributed by atoms with E-state index in [1.165, 1.54) is 4.90 Å². The molecule has 116 valence electrons. The van der Waals surface area contributed by atoms with Crippen molar-refractivity contribution in [1.29, 1.82) is 0 Å². The van der Waals surface area contributed by atoms with Crippen molar-refractivity contribution in [3.63, 3.8) is 0 Å². The predicted octanol–water partition coefficient (Wildman–Crippen LogP) is 0.0448. The van der Waals surface area contributed by atoms with E-state index in [-0.39, 0.29) is 30.2 Å². The first-order valence-corrected chi connectivity index (χ1v) is 7.63. The van der Waals surface area contributed by atoms with Gasteiger partial charge in [-0.3, -0.25) is 9.59 Å². The van der Waals surface area contributed by atoms with Gasteiger partial charge in [0.15, 0.2) is 0 Å². The molecule has 1 aromatic heterocycles. The highest BCUT2D eigenvalue weighted by Crippen LogP contribution is 2.19. The van der Waals surface area contributed by atoms with Crippen molar-refractivity contribution in [1.82, 2.24) is 9.47 Å². The number of amides is 1. The molecule has 2 heterocycles. The van der Waals surface area contributed by atoms with Crippen molar-refractivity contribution >= 4 is 23.2 Å². The molecule has 0 unspecified atom stereocenters. The Bertz CT molecular complexity index is 594. The lowest BCUT2D eigenvalue weighted by atomic mass is 10.2. The molecule has 2 atom stereocenters. The monoisotopic (exact) mass is 314 g/mol. The minimum atomic E-state index is -1.09. The largest absolute Gasteiger partial charge is 0.480 e. The number of nitrogens with zero attached hydrogens (tertiary/aromatic N) is 2. The molecular weight excluding hydrogens is 296 g/mol. The zero-order chi connectivity index (χ0) is 15.6. The van der Waals surface area contributed by atoms with Crippen LogP contribution in [0.15, 0.2) is 10.2 Å². The van der Waals surface area contributed by atoms with Crippen LogP contribution in [0.3, 0.4) is 0 Å². The number of aliphatic hydroxyl groups is 1. The fourth-order valence-corrected chi connectivity index (χ4v) is 3.29. The van der Waals surface area contributed by atoms with E-state index in [0.717, 1.165) is 17.0 Å². The first kappa shape index (κ1) is 15.7. The number of carbonyl (C=O) groups excluding carboxylic acids is 1. The molecule has 1 saturated heterocycles. The molecule has 8 heteroatoms. The summed E-state index contributed by atoms with van der Waals surface area (Å²) in [5.74, 6) is -1.38. The number of aromatic nitrogens is 1. The molecule has 1 amide bonds. The van der Waals surface area contributed by atoms with Crippen LogP contribution in [-0.2, 0) is 16.1 Å². The number of carboxylic acid groups (broad SMARTS) is 1. The average Bonchev–Trinajstić information content (AvgIpc) is 2.95. The second-order valence-corrected chi connectivity index (χ2v) is 6.01. The lowest BCUT2D eigenvalue weighted by Crippen LogP contribution is -2.40. The van der Waals surface area contributed by atoms with Gasteiger partial charge in [-0.05, 0) is 13.3 Å². The van der Waals surface area contributed by atoms with Gasteiger partial charge in [0.05, 0.1) is 6.10 Å². The van der Waals surface area contributed by atoms with Gasteiger partial charge in [0, 0.05) is 37.0 Å². The van der Waals surface area contributed by atoms with Crippen LogP contribution in [0.2, 0.25) is 0 Å². The van der Waals surface area contributed by atoms with Gasteiger partial charge in [-0.25, -0.2) is 4.79 Å². The number of thiazole rings is 1. The predicted molar refractivity (Wildman–Crippen MR) is 76.3 cm³/mol. The summed E-state index contributed by atoms with van der Waals surface area (Å²) < 4.78 is 1.60. The molecule has 1 aromatic rings. The van der Waals surface area contributed by atoms with E-state index >= 15 is 0 Å². The highest BCUT2D eigenvalue weighted by molar-refractivity contribution is 7.07. The molecule has 1 aliphatic rings. The van der Waals surface area contributed by atoms with Gasteiger partial charge in [0.25, 0.3) is 0 Å². The summed E-state index contributed by atoms with van der Waals surface area (Å²) in [6.45, 7) is 2.33. The zero-order valence-corrected chi connectivity index (χ0v) is 12.5. The standard InChI is InChI=1S/C13H18N2O5S/c1-8-7-21-13(20)14(8)4-2-3-11(17)15-6-9(16)5-10(15)12(18)19/h7,9-10,16H,2-6H2,1H3,(H,18,19)/t9-,10-/m0/s1. The number of β-amino-alcohol motifs (C(OH)–C–C–N with tert-alkyl or cyclic N) is 1. The second kappa shape index (κ2) is 6.40. The van der Waals surface area contributed by atoms with Crippen molar-refractivity contribution in [2.45, 2.75) is 44.9 Å². The van der Waals surface area contributed by atoms with Crippen LogP contribution in [-0.4, -0.2) is 50.2 Å². The summed E-state index contributed by atoms with van der Waals surface area (Å²) in [6.07, 6.45) is -0.0748. The number of carbonyl (C=O) groups is 2. The van der Waals surface area contributed by atoms with E-state index in [4.69, 9.17) is 5.11 Å². The molecule has 1 aliphatic heterocycles. The molecular formula is C13H18N2O5S. The SMILES string of the molecule is Cc1csc(=O)n1CCCC(=O)N1C[C@@H](O)C[C@H]1C(=O)O. The minimum Gasteiger partial charge on any atom is -0.480 e. The van der Waals surface area contributed by atoms with Gasteiger partial charge < -0.3 is 19.7 Å². The Morgan fingerprint density at radius 3 is 2.76 bits per heavy atom. The third kappa shape index (κ3) is 3.51. The second-order valence-electron chi connectivity index (χ2n) is 5.19. The Balaban J connectivity index is 1.90. The van der Waals surface area contributed by atoms with E-state index in [0.29, 0.717) is 13.0 Å². The van der Waals surface area contributed by atoms with Crippen LogP contribution in [0.25, 0.3) is 0 Å². The molecule has 2 rings (SSSR count). The fraction of sp³-hybridized carbons (Fsp3) is 0.615. The third-order valence-corrected chi connectivity index (χ3v) is 4.51. The zero-order valence-electron chi connectivity index (χ0n) is 11.7. The summed E-state index contributed by atoms with van der Waals surface area (Å²) in [5.41, 5.74) is 0.859. The van der Waals surface area contributed by atoms with E-state index in [2.05, 4.69) is 0 Å². The van der Waals surface area contributed by atoms with Gasteiger partial charge in [0.1, 0.15) is 6.04 Å². The fourth-order valence-electron chi connectivity index (χ4n) is 2.53. The Morgan fingerprint density at radius 1 is 1.48 bits per heavy atom. The van der Waals surface area contributed by atoms with Crippen LogP contribution in [0, 0.1) is 6.92 Å². The number of hydrogen-bond acceptors (Lipinski definition) is 5. The lowest BCUT2D eigenvalue weighted by molar-refractivity contribution is -0.148. The van der Waals surface area contributed by atoms with Crippen molar-refractivity contribution in [3.05, 3.63) is 20.7 Å². The van der Waals surface area contributed by atoms with Crippen LogP contribution in [0.5, 0.6) is 0 Å². The molecule has 0 saturated carbocycles. The maximum Gasteiger partial charge on any atom is 0.326 e. The molecule has 0 spiro atoms. The lowest BCUT2D eigenvalue weighted by Gasteiger charge is -2.21. The number of hydrogen-bond donors (Lipinski definition) is 2. The van der Waals surface area contributed by atoms with E-state index in [9.17, 15) is 19.5 Å². The molecule has 21 heavy (non-hydrogen) atoms. The summed E-state index contributed by atoms with van der Waals surface area (Å²) in [6, 6.07) is -0.946. The van der Waals surface area contributed by atoms with Crippen LogP contribution in [0.4, 0.5) is 0 Å². The van der Waals surface area contributed by atoms with Crippen molar-refractivity contribution in [2.24, 2.45) is 0 Å². The summed E-state index contributed by atoms with van der Waals surface area (Å²) in [5, 5.41) is 20.3. The number of aliphatic carboxylic acids is 1. The van der Waals surface area contributed by atoms with E-state index in [1.54, 1.807) is 9.95 Å². The number of aliphatic hydroxyl groups excluding tert-OH is 1. The maximum atomic E-state index is 12.1. The van der Waals surface area contributed by atoms with E-state index in [1.807, 2.05) is 6.92 Å². The third-order valence-electron chi connectivity index (χ3n) is 3.63. The number of rotatable bonds is 5. The molecule has 7 nitrogen and oxygen atoms in total. The van der Waals surface area contributed by atoms with Crippen LogP contribution >= 0.6 is 11.3 Å². The summed E-state index contributed by atoms with van der Waals surface area (Å²) in [7, 11) is 0. The highest BCUT2D eigenvalue weighted by Gasteiger charge is 2.38. The number of carboxylic acids is 1. The Hall–Kier alpha value is -1.67. The van der Waals surface area contributed by atoms with Gasteiger partial charge in [-0.1, -0.05) is 11.3 Å². The van der Waals surface area contributed by atoms with Crippen molar-refractivity contribution in [2.75, 3.05) is 6.54 Å². The number of aryl methyl sites for hydroxylation is 1. The van der Waals surface area contributed by atoms with Crippen LogP contribution < -0.4 is 4.87 Å². The maximum absolute atomic E-state index is 12.1. The van der Waals surface area contributed by atoms with Crippen molar-refractivity contribution < 1.29 is 19.8 Å². The topological polar surface area (TPSA) is 99.8 Å². The van der Waals surface area contributed by atoms with E-state index < -0.39 is 18.1 Å².